The van der Waals surface area contributed by atoms with E-state index >= 15 is 0 Å². The van der Waals surface area contributed by atoms with Crippen molar-refractivity contribution < 1.29 is 4.42 Å². The van der Waals surface area contributed by atoms with Crippen molar-refractivity contribution in [3.63, 3.8) is 0 Å². The maximum absolute atomic E-state index is 5.80. The summed E-state index contributed by atoms with van der Waals surface area (Å²) in [6.45, 7) is 0.758. The van der Waals surface area contributed by atoms with Crippen molar-refractivity contribution in [2.45, 2.75) is 25.4 Å². The summed E-state index contributed by atoms with van der Waals surface area (Å²) in [5.74, 6) is 1.89. The van der Waals surface area contributed by atoms with E-state index in [1.54, 1.807) is 12.5 Å². The van der Waals surface area contributed by atoms with Gasteiger partial charge in [0.2, 0.25) is 0 Å². The van der Waals surface area contributed by atoms with Crippen LogP contribution in [0.5, 0.6) is 0 Å². The van der Waals surface area contributed by atoms with Gasteiger partial charge in [-0.25, -0.2) is 4.98 Å². The van der Waals surface area contributed by atoms with Gasteiger partial charge in [-0.05, 0) is 31.0 Å². The number of furan rings is 1. The first-order chi connectivity index (χ1) is 8.33. The molecule has 1 saturated carbocycles. The van der Waals surface area contributed by atoms with Crippen LogP contribution in [0.3, 0.4) is 0 Å². The number of anilines is 2. The van der Waals surface area contributed by atoms with Crippen molar-refractivity contribution in [1.29, 1.82) is 0 Å². The molecule has 1 aliphatic carbocycles. The van der Waals surface area contributed by atoms with Crippen LogP contribution in [0.4, 0.5) is 11.5 Å². The highest BCUT2D eigenvalue weighted by Gasteiger charge is 2.30. The Morgan fingerprint density at radius 2 is 2.29 bits per heavy atom. The second-order valence-electron chi connectivity index (χ2n) is 4.39. The Morgan fingerprint density at radius 1 is 1.41 bits per heavy atom. The molecule has 0 bridgehead atoms. The molecule has 88 valence electrons. The highest BCUT2D eigenvalue weighted by Crippen LogP contribution is 2.32. The average Bonchev–Trinajstić information content (AvgIpc) is 3.03. The van der Waals surface area contributed by atoms with Gasteiger partial charge in [0.25, 0.3) is 0 Å². The van der Waals surface area contributed by atoms with Crippen LogP contribution in [0.15, 0.2) is 41.1 Å². The summed E-state index contributed by atoms with van der Waals surface area (Å²) in [6.07, 6.45) is 5.89. The van der Waals surface area contributed by atoms with E-state index in [-0.39, 0.29) is 0 Å². The van der Waals surface area contributed by atoms with Crippen molar-refractivity contribution in [2.75, 3.05) is 10.6 Å². The molecule has 0 unspecified atom stereocenters. The minimum Gasteiger partial charge on any atom is -0.467 e. The summed E-state index contributed by atoms with van der Waals surface area (Å²) in [7, 11) is 0. The smallest absolute Gasteiger partial charge is 0.131 e. The van der Waals surface area contributed by atoms with Crippen LogP contribution in [-0.4, -0.2) is 11.0 Å². The van der Waals surface area contributed by atoms with E-state index in [0.717, 1.165) is 23.8 Å². The molecule has 0 spiro atoms. The zero-order valence-corrected chi connectivity index (χ0v) is 9.54. The van der Waals surface area contributed by atoms with Crippen LogP contribution in [0, 0.1) is 0 Å². The number of hydrogen-bond acceptors (Lipinski definition) is 4. The molecule has 0 saturated heterocycles. The quantitative estimate of drug-likeness (QED) is 0.874. The molecular weight excluding hydrogens is 214 g/mol. The topological polar surface area (TPSA) is 55.3 Å². The minimum absolute atomic E-state index is 0.578. The first-order valence-corrected chi connectivity index (χ1v) is 5.83. The summed E-state index contributed by atoms with van der Waals surface area (Å²) >= 11 is 0. The normalized spacial score (nSPS) is 14.8. The molecule has 0 aromatic carbocycles. The third-order valence-electron chi connectivity index (χ3n) is 2.96. The first kappa shape index (κ1) is 10.2. The van der Waals surface area contributed by atoms with Crippen molar-refractivity contribution in [3.05, 3.63) is 42.5 Å². The standard InChI is InChI=1S/C13H15N3O/c14-10-5-6-15-13(8-10)16(11-3-4-11)9-12-2-1-7-17-12/h1-2,5-8,11H,3-4,9H2,(H2,14,15). The number of pyridine rings is 1. The van der Waals surface area contributed by atoms with Gasteiger partial charge >= 0.3 is 0 Å². The second-order valence-corrected chi connectivity index (χ2v) is 4.39. The molecule has 4 heteroatoms. The van der Waals surface area contributed by atoms with E-state index in [1.807, 2.05) is 24.3 Å². The fourth-order valence-corrected chi connectivity index (χ4v) is 1.95. The Hall–Kier alpha value is -1.97. The number of nitrogens with zero attached hydrogens (tertiary/aromatic N) is 2. The van der Waals surface area contributed by atoms with E-state index in [2.05, 4.69) is 9.88 Å². The lowest BCUT2D eigenvalue weighted by Gasteiger charge is -2.22. The molecule has 2 aromatic heterocycles. The largest absolute Gasteiger partial charge is 0.467 e. The number of nitrogens with two attached hydrogens (primary N) is 1. The number of rotatable bonds is 4. The van der Waals surface area contributed by atoms with Gasteiger partial charge in [0.15, 0.2) is 0 Å². The molecule has 2 aromatic rings. The van der Waals surface area contributed by atoms with Crippen molar-refractivity contribution in [1.82, 2.24) is 4.98 Å². The van der Waals surface area contributed by atoms with Crippen LogP contribution in [-0.2, 0) is 6.54 Å². The third kappa shape index (κ3) is 2.25. The Kier molecular flexibility index (Phi) is 2.48. The molecule has 1 fully saturated rings. The molecule has 0 aliphatic heterocycles. The number of nitrogen functional groups attached to an aromatic ring is 1. The second kappa shape index (κ2) is 4.13. The van der Waals surface area contributed by atoms with Gasteiger partial charge in [0.1, 0.15) is 11.6 Å². The van der Waals surface area contributed by atoms with Gasteiger partial charge in [0.05, 0.1) is 12.8 Å². The van der Waals surface area contributed by atoms with Crippen molar-refractivity contribution in [2.24, 2.45) is 0 Å². The lowest BCUT2D eigenvalue weighted by atomic mass is 10.3. The molecule has 4 nitrogen and oxygen atoms in total. The Bertz CT molecular complexity index is 491. The fourth-order valence-electron chi connectivity index (χ4n) is 1.95. The van der Waals surface area contributed by atoms with Crippen LogP contribution >= 0.6 is 0 Å². The van der Waals surface area contributed by atoms with Gasteiger partial charge in [-0.2, -0.15) is 0 Å². The summed E-state index contributed by atoms with van der Waals surface area (Å²) < 4.78 is 5.39. The van der Waals surface area contributed by atoms with E-state index in [1.165, 1.54) is 12.8 Å². The SMILES string of the molecule is Nc1ccnc(N(Cc2ccco2)C2CC2)c1. The maximum atomic E-state index is 5.80. The van der Waals surface area contributed by atoms with E-state index in [0.29, 0.717) is 6.04 Å². The van der Waals surface area contributed by atoms with Gasteiger partial charge in [0, 0.05) is 24.0 Å². The molecule has 0 atom stereocenters. The zero-order chi connectivity index (χ0) is 11.7. The highest BCUT2D eigenvalue weighted by atomic mass is 16.3. The predicted octanol–water partition coefficient (Wildman–Crippen LogP) is 2.43. The van der Waals surface area contributed by atoms with Gasteiger partial charge in [-0.3, -0.25) is 0 Å². The van der Waals surface area contributed by atoms with E-state index in [9.17, 15) is 0 Å². The van der Waals surface area contributed by atoms with Crippen molar-refractivity contribution >= 4 is 11.5 Å². The molecular formula is C13H15N3O. The Morgan fingerprint density at radius 3 is 2.94 bits per heavy atom. The van der Waals surface area contributed by atoms with Crippen molar-refractivity contribution in [3.8, 4) is 0 Å². The first-order valence-electron chi connectivity index (χ1n) is 5.83. The van der Waals surface area contributed by atoms with Gasteiger partial charge in [-0.15, -0.1) is 0 Å². The average molecular weight is 229 g/mol. The molecule has 2 N–H and O–H groups in total. The van der Waals surface area contributed by atoms with E-state index in [4.69, 9.17) is 10.2 Å². The summed E-state index contributed by atoms with van der Waals surface area (Å²) in [5.41, 5.74) is 6.55. The highest BCUT2D eigenvalue weighted by molar-refractivity contribution is 5.51. The fraction of sp³-hybridized carbons (Fsp3) is 0.308. The molecule has 0 radical (unpaired) electrons. The van der Waals surface area contributed by atoms with Crippen LogP contribution < -0.4 is 10.6 Å². The Labute approximate surface area is 100 Å². The van der Waals surface area contributed by atoms with Gasteiger partial charge in [-0.1, -0.05) is 0 Å². The monoisotopic (exact) mass is 229 g/mol. The zero-order valence-electron chi connectivity index (χ0n) is 9.54. The number of aromatic nitrogens is 1. The predicted molar refractivity (Wildman–Crippen MR) is 66.6 cm³/mol. The lowest BCUT2D eigenvalue weighted by molar-refractivity contribution is 0.500. The molecule has 2 heterocycles. The van der Waals surface area contributed by atoms with Crippen LogP contribution in [0.2, 0.25) is 0 Å². The van der Waals surface area contributed by atoms with Gasteiger partial charge < -0.3 is 15.1 Å². The molecule has 1 aliphatic rings. The molecule has 0 amide bonds. The lowest BCUT2D eigenvalue weighted by Crippen LogP contribution is -2.25. The Balaban J connectivity index is 1.85. The summed E-state index contributed by atoms with van der Waals surface area (Å²) in [6, 6.07) is 8.20. The van der Waals surface area contributed by atoms with Crippen LogP contribution in [0.25, 0.3) is 0 Å². The molecule has 3 rings (SSSR count). The summed E-state index contributed by atoms with van der Waals surface area (Å²) in [4.78, 5) is 6.65. The maximum Gasteiger partial charge on any atom is 0.131 e. The number of hydrogen-bond donors (Lipinski definition) is 1. The molecule has 17 heavy (non-hydrogen) atoms. The summed E-state index contributed by atoms with van der Waals surface area (Å²) in [5, 5.41) is 0. The van der Waals surface area contributed by atoms with Crippen LogP contribution in [0.1, 0.15) is 18.6 Å². The van der Waals surface area contributed by atoms with E-state index < -0.39 is 0 Å². The third-order valence-corrected chi connectivity index (χ3v) is 2.96. The minimum atomic E-state index is 0.578.